The summed E-state index contributed by atoms with van der Waals surface area (Å²) in [5.74, 6) is 6.79. The van der Waals surface area contributed by atoms with Crippen LogP contribution in [0, 0.1) is 6.92 Å². The topological polar surface area (TPSA) is 48.4 Å². The maximum absolute atomic E-state index is 5.76. The molecule has 0 saturated carbocycles. The first-order valence-corrected chi connectivity index (χ1v) is 5.58. The van der Waals surface area contributed by atoms with Gasteiger partial charge < -0.3 is 4.42 Å². The van der Waals surface area contributed by atoms with E-state index in [1.165, 1.54) is 5.56 Å². The molecule has 3 heteroatoms. The molecule has 2 rings (SSSR count). The average molecular weight is 231 g/mol. The van der Waals surface area contributed by atoms with E-state index in [2.05, 4.69) is 19.1 Å². The molecule has 1 heterocycles. The number of furan rings is 1. The standard InChI is InChI=1S/C14H17NO2/c1-10-4-6-11(7-5-10)12-8-9-13(16-12)14(2,3)17-15/h4-9H,15H2,1-3H3. The molecular formula is C14H17NO2. The molecule has 0 aliphatic heterocycles. The summed E-state index contributed by atoms with van der Waals surface area (Å²) in [5.41, 5.74) is 1.67. The van der Waals surface area contributed by atoms with Crippen LogP contribution in [0.5, 0.6) is 0 Å². The molecule has 0 saturated heterocycles. The predicted molar refractivity (Wildman–Crippen MR) is 67.2 cm³/mol. The van der Waals surface area contributed by atoms with E-state index in [1.807, 2.05) is 38.1 Å². The maximum atomic E-state index is 5.76. The highest BCUT2D eigenvalue weighted by Gasteiger charge is 2.24. The summed E-state index contributed by atoms with van der Waals surface area (Å²) in [7, 11) is 0. The van der Waals surface area contributed by atoms with Gasteiger partial charge >= 0.3 is 0 Å². The van der Waals surface area contributed by atoms with E-state index < -0.39 is 5.60 Å². The highest BCUT2D eigenvalue weighted by molar-refractivity contribution is 5.58. The molecule has 0 spiro atoms. The van der Waals surface area contributed by atoms with Crippen molar-refractivity contribution in [3.8, 4) is 11.3 Å². The Kier molecular flexibility index (Phi) is 3.05. The van der Waals surface area contributed by atoms with E-state index in [-0.39, 0.29) is 0 Å². The number of nitrogens with two attached hydrogens (primary N) is 1. The zero-order valence-corrected chi connectivity index (χ0v) is 10.4. The third kappa shape index (κ3) is 2.40. The third-order valence-electron chi connectivity index (χ3n) is 2.83. The van der Waals surface area contributed by atoms with Crippen LogP contribution in [-0.2, 0) is 10.4 Å². The summed E-state index contributed by atoms with van der Waals surface area (Å²) in [6.07, 6.45) is 0. The van der Waals surface area contributed by atoms with Gasteiger partial charge in [-0.15, -0.1) is 0 Å². The molecule has 1 aromatic carbocycles. The van der Waals surface area contributed by atoms with Crippen molar-refractivity contribution in [2.45, 2.75) is 26.4 Å². The van der Waals surface area contributed by atoms with Crippen LogP contribution in [0.1, 0.15) is 25.2 Å². The summed E-state index contributed by atoms with van der Waals surface area (Å²) in [6.45, 7) is 5.79. The monoisotopic (exact) mass is 231 g/mol. The number of benzene rings is 1. The van der Waals surface area contributed by atoms with Gasteiger partial charge in [-0.3, -0.25) is 4.84 Å². The zero-order chi connectivity index (χ0) is 12.5. The Morgan fingerprint density at radius 1 is 1.06 bits per heavy atom. The van der Waals surface area contributed by atoms with E-state index in [4.69, 9.17) is 15.2 Å². The lowest BCUT2D eigenvalue weighted by molar-refractivity contribution is -0.0384. The minimum Gasteiger partial charge on any atom is -0.458 e. The molecule has 17 heavy (non-hydrogen) atoms. The molecule has 3 nitrogen and oxygen atoms in total. The van der Waals surface area contributed by atoms with Gasteiger partial charge in [0.05, 0.1) is 0 Å². The van der Waals surface area contributed by atoms with E-state index >= 15 is 0 Å². The second-order valence-corrected chi connectivity index (χ2v) is 4.66. The summed E-state index contributed by atoms with van der Waals surface area (Å²) >= 11 is 0. The van der Waals surface area contributed by atoms with E-state index in [1.54, 1.807) is 0 Å². The first-order valence-electron chi connectivity index (χ1n) is 5.58. The van der Waals surface area contributed by atoms with Gasteiger partial charge in [0.1, 0.15) is 17.1 Å². The number of rotatable bonds is 3. The van der Waals surface area contributed by atoms with Gasteiger partial charge in [0.2, 0.25) is 0 Å². The lowest BCUT2D eigenvalue weighted by Crippen LogP contribution is -2.24. The van der Waals surface area contributed by atoms with Gasteiger partial charge in [0, 0.05) is 5.56 Å². The summed E-state index contributed by atoms with van der Waals surface area (Å²) < 4.78 is 5.76. The molecule has 0 aliphatic carbocycles. The van der Waals surface area contributed by atoms with Crippen molar-refractivity contribution >= 4 is 0 Å². The SMILES string of the molecule is Cc1ccc(-c2ccc(C(C)(C)ON)o2)cc1. The Morgan fingerprint density at radius 3 is 2.29 bits per heavy atom. The molecule has 0 fully saturated rings. The third-order valence-corrected chi connectivity index (χ3v) is 2.83. The van der Waals surface area contributed by atoms with Crippen LogP contribution in [0.3, 0.4) is 0 Å². The predicted octanol–water partition coefficient (Wildman–Crippen LogP) is 3.38. The molecule has 0 amide bonds. The maximum Gasteiger partial charge on any atom is 0.141 e. The molecule has 0 radical (unpaired) electrons. The van der Waals surface area contributed by atoms with Crippen molar-refractivity contribution < 1.29 is 9.25 Å². The van der Waals surface area contributed by atoms with Gasteiger partial charge in [-0.05, 0) is 32.9 Å². The smallest absolute Gasteiger partial charge is 0.141 e. The highest BCUT2D eigenvalue weighted by Crippen LogP contribution is 2.29. The van der Waals surface area contributed by atoms with Gasteiger partial charge in [-0.25, -0.2) is 5.90 Å². The molecule has 0 bridgehead atoms. The number of hydrogen-bond acceptors (Lipinski definition) is 3. The molecule has 2 N–H and O–H groups in total. The number of hydrogen-bond donors (Lipinski definition) is 1. The molecular weight excluding hydrogens is 214 g/mol. The largest absolute Gasteiger partial charge is 0.458 e. The Bertz CT molecular complexity index is 497. The quantitative estimate of drug-likeness (QED) is 0.824. The summed E-state index contributed by atoms with van der Waals surface area (Å²) in [6, 6.07) is 12.0. The second-order valence-electron chi connectivity index (χ2n) is 4.66. The van der Waals surface area contributed by atoms with Crippen molar-refractivity contribution in [3.63, 3.8) is 0 Å². The van der Waals surface area contributed by atoms with E-state index in [0.29, 0.717) is 0 Å². The first-order chi connectivity index (χ1) is 8.03. The minimum absolute atomic E-state index is 0.608. The Labute approximate surface area is 101 Å². The molecule has 2 aromatic rings. The normalized spacial score (nSPS) is 11.8. The number of aryl methyl sites for hydroxylation is 1. The van der Waals surface area contributed by atoms with E-state index in [9.17, 15) is 0 Å². The minimum atomic E-state index is -0.608. The average Bonchev–Trinajstić information content (AvgIpc) is 2.80. The molecule has 0 atom stereocenters. The van der Waals surface area contributed by atoms with Crippen LogP contribution < -0.4 is 5.90 Å². The van der Waals surface area contributed by atoms with Crippen molar-refractivity contribution in [2.75, 3.05) is 0 Å². The molecule has 0 unspecified atom stereocenters. The zero-order valence-electron chi connectivity index (χ0n) is 10.4. The van der Waals surface area contributed by atoms with Crippen LogP contribution in [0.4, 0.5) is 0 Å². The van der Waals surface area contributed by atoms with Crippen LogP contribution >= 0.6 is 0 Å². The van der Waals surface area contributed by atoms with Gasteiger partial charge in [0.15, 0.2) is 0 Å². The van der Waals surface area contributed by atoms with Gasteiger partial charge in [-0.2, -0.15) is 0 Å². The fourth-order valence-corrected chi connectivity index (χ4v) is 1.59. The Balaban J connectivity index is 2.33. The lowest BCUT2D eigenvalue weighted by atomic mass is 10.1. The lowest BCUT2D eigenvalue weighted by Gasteiger charge is -2.18. The van der Waals surface area contributed by atoms with Crippen molar-refractivity contribution in [2.24, 2.45) is 5.90 Å². The fourth-order valence-electron chi connectivity index (χ4n) is 1.59. The van der Waals surface area contributed by atoms with Gasteiger partial charge in [0.25, 0.3) is 0 Å². The van der Waals surface area contributed by atoms with Crippen molar-refractivity contribution in [3.05, 3.63) is 47.7 Å². The Morgan fingerprint density at radius 2 is 1.71 bits per heavy atom. The van der Waals surface area contributed by atoms with Crippen LogP contribution in [0.15, 0.2) is 40.8 Å². The van der Waals surface area contributed by atoms with Crippen molar-refractivity contribution in [1.29, 1.82) is 0 Å². The second kappa shape index (κ2) is 4.35. The Hall–Kier alpha value is -1.58. The van der Waals surface area contributed by atoms with Crippen molar-refractivity contribution in [1.82, 2.24) is 0 Å². The summed E-state index contributed by atoms with van der Waals surface area (Å²) in [5, 5.41) is 0. The summed E-state index contributed by atoms with van der Waals surface area (Å²) in [4.78, 5) is 4.90. The molecule has 0 aliphatic rings. The molecule has 90 valence electrons. The van der Waals surface area contributed by atoms with Crippen LogP contribution in [-0.4, -0.2) is 0 Å². The fraction of sp³-hybridized carbons (Fsp3) is 0.286. The molecule has 1 aromatic heterocycles. The first kappa shape index (κ1) is 11.9. The van der Waals surface area contributed by atoms with Crippen LogP contribution in [0.2, 0.25) is 0 Å². The van der Waals surface area contributed by atoms with E-state index in [0.717, 1.165) is 17.1 Å². The van der Waals surface area contributed by atoms with Gasteiger partial charge in [-0.1, -0.05) is 29.8 Å². The highest BCUT2D eigenvalue weighted by atomic mass is 16.6. The van der Waals surface area contributed by atoms with Crippen LogP contribution in [0.25, 0.3) is 11.3 Å².